The number of guanidine groups is 1. The molecule has 2 aromatic rings. The lowest BCUT2D eigenvalue weighted by atomic mass is 10.1. The monoisotopic (exact) mass is 395 g/mol. The molecule has 2 N–H and O–H groups in total. The molecule has 0 bridgehead atoms. The molecule has 1 aliphatic rings. The van der Waals surface area contributed by atoms with E-state index in [1.165, 1.54) is 18.4 Å². The first-order chi connectivity index (χ1) is 14.2. The molecule has 1 saturated heterocycles. The third-order valence-corrected chi connectivity index (χ3v) is 5.07. The van der Waals surface area contributed by atoms with Gasteiger partial charge in [0.1, 0.15) is 0 Å². The number of benzene rings is 1. The number of hydrogen-bond donors (Lipinski definition) is 2. The molecule has 0 aliphatic carbocycles. The maximum Gasteiger partial charge on any atom is 0.213 e. The molecule has 1 aromatic heterocycles. The van der Waals surface area contributed by atoms with Crippen LogP contribution in [-0.2, 0) is 6.54 Å². The fraction of sp³-hybridized carbons (Fsp3) is 0.478. The Morgan fingerprint density at radius 1 is 1.10 bits per heavy atom. The van der Waals surface area contributed by atoms with Crippen molar-refractivity contribution in [2.24, 2.45) is 4.99 Å². The summed E-state index contributed by atoms with van der Waals surface area (Å²) in [5.74, 6) is 1.45. The fourth-order valence-corrected chi connectivity index (χ4v) is 3.61. The number of nitrogens with zero attached hydrogens (tertiary/aromatic N) is 3. The molecule has 6 nitrogen and oxygen atoms in total. The number of rotatable bonds is 8. The summed E-state index contributed by atoms with van der Waals surface area (Å²) in [6.45, 7) is 7.79. The molecule has 0 amide bonds. The van der Waals surface area contributed by atoms with Crippen LogP contribution in [0.1, 0.15) is 43.9 Å². The number of likely N-dealkylation sites (tertiary alicyclic amines) is 1. The molecule has 0 radical (unpaired) electrons. The molecule has 1 atom stereocenters. The van der Waals surface area contributed by atoms with E-state index in [1.54, 1.807) is 7.05 Å². The van der Waals surface area contributed by atoms with Gasteiger partial charge in [0.2, 0.25) is 5.88 Å². The van der Waals surface area contributed by atoms with Gasteiger partial charge in [0.25, 0.3) is 0 Å². The van der Waals surface area contributed by atoms with Crippen LogP contribution in [0.25, 0.3) is 0 Å². The molecule has 1 unspecified atom stereocenters. The Morgan fingerprint density at radius 3 is 2.48 bits per heavy atom. The molecule has 3 rings (SSSR count). The average Bonchev–Trinajstić information content (AvgIpc) is 3.26. The Kier molecular flexibility index (Phi) is 7.87. The zero-order valence-electron chi connectivity index (χ0n) is 17.8. The standard InChI is InChI=1S/C23H33N5O/c1-18(2)29-22-12-11-19(15-25-22)16-26-23(24-3)27-17-21(28-13-7-8-14-28)20-9-5-4-6-10-20/h4-6,9-12,15,18,21H,7-8,13-14,16-17H2,1-3H3,(H2,24,26,27). The summed E-state index contributed by atoms with van der Waals surface area (Å²) in [4.78, 5) is 11.3. The van der Waals surface area contributed by atoms with Crippen LogP contribution < -0.4 is 15.4 Å². The number of nitrogens with one attached hydrogen (secondary N) is 2. The van der Waals surface area contributed by atoms with Crippen molar-refractivity contribution in [3.63, 3.8) is 0 Å². The normalized spacial score (nSPS) is 16.1. The summed E-state index contributed by atoms with van der Waals surface area (Å²) in [5.41, 5.74) is 2.44. The van der Waals surface area contributed by atoms with E-state index in [9.17, 15) is 0 Å². The highest BCUT2D eigenvalue weighted by Crippen LogP contribution is 2.24. The van der Waals surface area contributed by atoms with Gasteiger partial charge >= 0.3 is 0 Å². The third kappa shape index (κ3) is 6.46. The summed E-state index contributed by atoms with van der Waals surface area (Å²) in [6, 6.07) is 15.0. The van der Waals surface area contributed by atoms with Gasteiger partial charge in [-0.05, 0) is 50.9 Å². The minimum Gasteiger partial charge on any atom is -0.475 e. The maximum atomic E-state index is 5.60. The Labute approximate surface area is 174 Å². The van der Waals surface area contributed by atoms with Gasteiger partial charge in [-0.2, -0.15) is 0 Å². The quantitative estimate of drug-likeness (QED) is 0.530. The van der Waals surface area contributed by atoms with Gasteiger partial charge in [-0.25, -0.2) is 4.98 Å². The predicted molar refractivity (Wildman–Crippen MR) is 118 cm³/mol. The van der Waals surface area contributed by atoms with E-state index in [2.05, 4.69) is 55.8 Å². The number of pyridine rings is 1. The Morgan fingerprint density at radius 2 is 1.86 bits per heavy atom. The first kappa shape index (κ1) is 21.1. The van der Waals surface area contributed by atoms with Gasteiger partial charge in [-0.15, -0.1) is 0 Å². The van der Waals surface area contributed by atoms with Gasteiger partial charge in [0, 0.05) is 32.4 Å². The Balaban J connectivity index is 1.54. The molecule has 0 spiro atoms. The molecular weight excluding hydrogens is 362 g/mol. The van der Waals surface area contributed by atoms with Gasteiger partial charge in [-0.3, -0.25) is 9.89 Å². The van der Waals surface area contributed by atoms with Gasteiger partial charge < -0.3 is 15.4 Å². The molecular formula is C23H33N5O. The highest BCUT2D eigenvalue weighted by Gasteiger charge is 2.23. The van der Waals surface area contributed by atoms with Crippen LogP contribution >= 0.6 is 0 Å². The molecule has 1 fully saturated rings. The van der Waals surface area contributed by atoms with E-state index in [-0.39, 0.29) is 6.10 Å². The minimum absolute atomic E-state index is 0.127. The van der Waals surface area contributed by atoms with Crippen molar-refractivity contribution in [3.8, 4) is 5.88 Å². The van der Waals surface area contributed by atoms with E-state index in [0.717, 1.165) is 31.2 Å². The molecule has 1 aliphatic heterocycles. The second-order valence-electron chi connectivity index (χ2n) is 7.65. The summed E-state index contributed by atoms with van der Waals surface area (Å²) in [5, 5.41) is 6.89. The van der Waals surface area contributed by atoms with Crippen molar-refractivity contribution in [1.82, 2.24) is 20.5 Å². The zero-order chi connectivity index (χ0) is 20.5. The molecule has 0 saturated carbocycles. The first-order valence-corrected chi connectivity index (χ1v) is 10.5. The maximum absolute atomic E-state index is 5.60. The molecule has 156 valence electrons. The fourth-order valence-electron chi connectivity index (χ4n) is 3.61. The second-order valence-corrected chi connectivity index (χ2v) is 7.65. The van der Waals surface area contributed by atoms with Crippen molar-refractivity contribution in [2.75, 3.05) is 26.7 Å². The second kappa shape index (κ2) is 10.8. The van der Waals surface area contributed by atoms with Gasteiger partial charge in [0.05, 0.1) is 12.1 Å². The van der Waals surface area contributed by atoms with Crippen LogP contribution in [0.15, 0.2) is 53.7 Å². The van der Waals surface area contributed by atoms with Crippen molar-refractivity contribution in [3.05, 3.63) is 59.8 Å². The lowest BCUT2D eigenvalue weighted by Crippen LogP contribution is -2.42. The van der Waals surface area contributed by atoms with E-state index in [4.69, 9.17) is 4.74 Å². The van der Waals surface area contributed by atoms with Crippen LogP contribution in [0.3, 0.4) is 0 Å². The number of ether oxygens (including phenoxy) is 1. The SMILES string of the molecule is CN=C(NCc1ccc(OC(C)C)nc1)NCC(c1ccccc1)N1CCCC1. The minimum atomic E-state index is 0.127. The van der Waals surface area contributed by atoms with Gasteiger partial charge in [-0.1, -0.05) is 36.4 Å². The van der Waals surface area contributed by atoms with Crippen molar-refractivity contribution in [2.45, 2.75) is 45.4 Å². The third-order valence-electron chi connectivity index (χ3n) is 5.07. The number of aliphatic imine (C=N–C) groups is 1. The molecule has 6 heteroatoms. The van der Waals surface area contributed by atoms with Gasteiger partial charge in [0.15, 0.2) is 5.96 Å². The van der Waals surface area contributed by atoms with Crippen molar-refractivity contribution < 1.29 is 4.74 Å². The number of aromatic nitrogens is 1. The zero-order valence-corrected chi connectivity index (χ0v) is 17.8. The van der Waals surface area contributed by atoms with Crippen LogP contribution in [0.2, 0.25) is 0 Å². The van der Waals surface area contributed by atoms with E-state index < -0.39 is 0 Å². The molecule has 2 heterocycles. The van der Waals surface area contributed by atoms with Crippen LogP contribution in [0.5, 0.6) is 5.88 Å². The van der Waals surface area contributed by atoms with Crippen LogP contribution in [-0.4, -0.2) is 48.6 Å². The average molecular weight is 396 g/mol. The predicted octanol–water partition coefficient (Wildman–Crippen LogP) is 3.37. The molecule has 1 aromatic carbocycles. The summed E-state index contributed by atoms with van der Waals surface area (Å²) in [6.07, 6.45) is 4.52. The Hall–Kier alpha value is -2.60. The van der Waals surface area contributed by atoms with E-state index in [0.29, 0.717) is 18.5 Å². The largest absolute Gasteiger partial charge is 0.475 e. The van der Waals surface area contributed by atoms with Crippen molar-refractivity contribution >= 4 is 5.96 Å². The topological polar surface area (TPSA) is 61.8 Å². The van der Waals surface area contributed by atoms with Crippen LogP contribution in [0.4, 0.5) is 0 Å². The summed E-state index contributed by atoms with van der Waals surface area (Å²) >= 11 is 0. The highest BCUT2D eigenvalue weighted by molar-refractivity contribution is 5.79. The number of hydrogen-bond acceptors (Lipinski definition) is 4. The van der Waals surface area contributed by atoms with Crippen molar-refractivity contribution in [1.29, 1.82) is 0 Å². The first-order valence-electron chi connectivity index (χ1n) is 10.5. The van der Waals surface area contributed by atoms with E-state index in [1.807, 2.05) is 32.2 Å². The lowest BCUT2D eigenvalue weighted by molar-refractivity contribution is 0.232. The molecule has 29 heavy (non-hydrogen) atoms. The lowest BCUT2D eigenvalue weighted by Gasteiger charge is -2.29. The van der Waals surface area contributed by atoms with E-state index >= 15 is 0 Å². The smallest absolute Gasteiger partial charge is 0.213 e. The highest BCUT2D eigenvalue weighted by atomic mass is 16.5. The summed E-state index contributed by atoms with van der Waals surface area (Å²) < 4.78 is 5.60. The Bertz CT molecular complexity index is 755. The summed E-state index contributed by atoms with van der Waals surface area (Å²) in [7, 11) is 1.81. The van der Waals surface area contributed by atoms with Crippen LogP contribution in [0, 0.1) is 0 Å².